The number of aromatic nitrogens is 3. The van der Waals surface area contributed by atoms with Gasteiger partial charge in [-0.15, -0.1) is 5.10 Å². The standard InChI is InChI=1S/C13H15BrCl2N4/c1-3-17-11(12-13(14)18-19-20(12)2)7-8-4-5-9(15)10(16)6-8/h4-6,11,17H,3,7H2,1-2H3. The molecule has 0 radical (unpaired) electrons. The zero-order valence-electron chi connectivity index (χ0n) is 11.2. The second kappa shape index (κ2) is 6.89. The van der Waals surface area contributed by atoms with E-state index in [1.54, 1.807) is 4.68 Å². The molecule has 1 unspecified atom stereocenters. The topological polar surface area (TPSA) is 42.7 Å². The number of aryl methyl sites for hydroxylation is 1. The Kier molecular flexibility index (Phi) is 5.43. The fraction of sp³-hybridized carbons (Fsp3) is 0.385. The molecule has 1 N–H and O–H groups in total. The van der Waals surface area contributed by atoms with Crippen molar-refractivity contribution in [2.24, 2.45) is 7.05 Å². The summed E-state index contributed by atoms with van der Waals surface area (Å²) in [5.41, 5.74) is 2.12. The second-order valence-corrected chi connectivity index (χ2v) is 6.02. The summed E-state index contributed by atoms with van der Waals surface area (Å²) in [5.74, 6) is 0. The lowest BCUT2D eigenvalue weighted by Gasteiger charge is -2.18. The first-order valence-corrected chi connectivity index (χ1v) is 7.80. The van der Waals surface area contributed by atoms with Crippen LogP contribution in [0.15, 0.2) is 22.8 Å². The Hall–Kier alpha value is -0.620. The van der Waals surface area contributed by atoms with Crippen LogP contribution in [0.3, 0.4) is 0 Å². The van der Waals surface area contributed by atoms with Gasteiger partial charge in [-0.05, 0) is 46.6 Å². The highest BCUT2D eigenvalue weighted by molar-refractivity contribution is 9.10. The van der Waals surface area contributed by atoms with E-state index in [0.29, 0.717) is 10.0 Å². The van der Waals surface area contributed by atoms with Crippen molar-refractivity contribution < 1.29 is 0 Å². The third-order valence-electron chi connectivity index (χ3n) is 3.03. The summed E-state index contributed by atoms with van der Waals surface area (Å²) in [7, 11) is 1.88. The summed E-state index contributed by atoms with van der Waals surface area (Å²) in [6.07, 6.45) is 0.782. The molecular weight excluding hydrogens is 363 g/mol. The monoisotopic (exact) mass is 376 g/mol. The molecule has 0 saturated carbocycles. The summed E-state index contributed by atoms with van der Waals surface area (Å²) in [4.78, 5) is 0. The highest BCUT2D eigenvalue weighted by atomic mass is 79.9. The lowest BCUT2D eigenvalue weighted by molar-refractivity contribution is 0.505. The fourth-order valence-corrected chi connectivity index (χ4v) is 3.05. The molecule has 2 aromatic rings. The first-order valence-electron chi connectivity index (χ1n) is 6.25. The van der Waals surface area contributed by atoms with E-state index in [1.165, 1.54) is 0 Å². The van der Waals surface area contributed by atoms with Crippen LogP contribution in [0.5, 0.6) is 0 Å². The van der Waals surface area contributed by atoms with Crippen molar-refractivity contribution in [3.8, 4) is 0 Å². The molecule has 1 heterocycles. The van der Waals surface area contributed by atoms with Gasteiger partial charge >= 0.3 is 0 Å². The van der Waals surface area contributed by atoms with Gasteiger partial charge < -0.3 is 5.32 Å². The molecule has 108 valence electrons. The van der Waals surface area contributed by atoms with Crippen molar-refractivity contribution in [3.05, 3.63) is 44.1 Å². The number of hydrogen-bond acceptors (Lipinski definition) is 3. The molecule has 1 atom stereocenters. The first kappa shape index (κ1) is 15.8. The van der Waals surface area contributed by atoms with E-state index in [4.69, 9.17) is 23.2 Å². The van der Waals surface area contributed by atoms with Crippen LogP contribution >= 0.6 is 39.1 Å². The zero-order valence-corrected chi connectivity index (χ0v) is 14.3. The number of rotatable bonds is 5. The van der Waals surface area contributed by atoms with Gasteiger partial charge in [0.1, 0.15) is 0 Å². The Labute approximate surface area is 136 Å². The van der Waals surface area contributed by atoms with Crippen LogP contribution in [-0.4, -0.2) is 21.5 Å². The maximum absolute atomic E-state index is 6.07. The van der Waals surface area contributed by atoms with Crippen LogP contribution < -0.4 is 5.32 Å². The largest absolute Gasteiger partial charge is 0.309 e. The Balaban J connectivity index is 2.28. The molecule has 0 spiro atoms. The van der Waals surface area contributed by atoms with E-state index in [-0.39, 0.29) is 6.04 Å². The quantitative estimate of drug-likeness (QED) is 0.862. The predicted octanol–water partition coefficient (Wildman–Crippen LogP) is 3.78. The minimum absolute atomic E-state index is 0.103. The van der Waals surface area contributed by atoms with Crippen molar-refractivity contribution in [2.45, 2.75) is 19.4 Å². The van der Waals surface area contributed by atoms with Gasteiger partial charge in [0.25, 0.3) is 0 Å². The van der Waals surface area contributed by atoms with Crippen LogP contribution in [0.1, 0.15) is 24.2 Å². The third-order valence-corrected chi connectivity index (χ3v) is 4.33. The summed E-state index contributed by atoms with van der Waals surface area (Å²) in [6.45, 7) is 2.92. The molecule has 7 heteroatoms. The molecule has 20 heavy (non-hydrogen) atoms. The van der Waals surface area contributed by atoms with Gasteiger partial charge in [0.05, 0.1) is 21.8 Å². The smallest absolute Gasteiger partial charge is 0.153 e. The van der Waals surface area contributed by atoms with Crippen LogP contribution in [0, 0.1) is 0 Å². The first-order chi connectivity index (χ1) is 9.52. The third kappa shape index (κ3) is 3.52. The SMILES string of the molecule is CCNC(Cc1ccc(Cl)c(Cl)c1)c1c(Br)nnn1C. The van der Waals surface area contributed by atoms with Gasteiger partial charge in [-0.25, -0.2) is 4.68 Å². The Morgan fingerprint density at radius 1 is 1.35 bits per heavy atom. The van der Waals surface area contributed by atoms with Crippen molar-refractivity contribution in [1.82, 2.24) is 20.3 Å². The molecule has 1 aromatic carbocycles. The predicted molar refractivity (Wildman–Crippen MR) is 85.3 cm³/mol. The fourth-order valence-electron chi connectivity index (χ4n) is 2.12. The molecule has 2 rings (SSSR count). The maximum Gasteiger partial charge on any atom is 0.153 e. The molecule has 0 aliphatic carbocycles. The van der Waals surface area contributed by atoms with Crippen molar-refractivity contribution in [3.63, 3.8) is 0 Å². The maximum atomic E-state index is 6.07. The van der Waals surface area contributed by atoms with Crippen molar-refractivity contribution >= 4 is 39.1 Å². The van der Waals surface area contributed by atoms with Crippen LogP contribution in [-0.2, 0) is 13.5 Å². The molecule has 0 amide bonds. The highest BCUT2D eigenvalue weighted by Crippen LogP contribution is 2.27. The molecule has 4 nitrogen and oxygen atoms in total. The minimum atomic E-state index is 0.103. The molecule has 0 aliphatic rings. The number of nitrogens with one attached hydrogen (secondary N) is 1. The number of likely N-dealkylation sites (N-methyl/N-ethyl adjacent to an activating group) is 1. The van der Waals surface area contributed by atoms with Crippen molar-refractivity contribution in [2.75, 3.05) is 6.54 Å². The molecule has 0 bridgehead atoms. The zero-order chi connectivity index (χ0) is 14.7. The van der Waals surface area contributed by atoms with Crippen LogP contribution in [0.2, 0.25) is 10.0 Å². The molecule has 1 aromatic heterocycles. The van der Waals surface area contributed by atoms with Crippen LogP contribution in [0.25, 0.3) is 0 Å². The lowest BCUT2D eigenvalue weighted by atomic mass is 10.0. The average Bonchev–Trinajstić information content (AvgIpc) is 2.73. The molecule has 0 saturated heterocycles. The summed E-state index contributed by atoms with van der Waals surface area (Å²) < 4.78 is 2.53. The summed E-state index contributed by atoms with van der Waals surface area (Å²) in [5, 5.41) is 12.6. The molecule has 0 aliphatic heterocycles. The molecule has 0 fully saturated rings. The van der Waals surface area contributed by atoms with Gasteiger partial charge in [-0.2, -0.15) is 0 Å². The van der Waals surface area contributed by atoms with Gasteiger partial charge in [-0.1, -0.05) is 41.4 Å². The Morgan fingerprint density at radius 3 is 2.65 bits per heavy atom. The van der Waals surface area contributed by atoms with E-state index in [1.807, 2.05) is 25.2 Å². The van der Waals surface area contributed by atoms with Gasteiger partial charge in [0.15, 0.2) is 4.60 Å². The van der Waals surface area contributed by atoms with E-state index in [9.17, 15) is 0 Å². The summed E-state index contributed by atoms with van der Waals surface area (Å²) in [6, 6.07) is 5.80. The van der Waals surface area contributed by atoms with Crippen LogP contribution in [0.4, 0.5) is 0 Å². The number of nitrogens with zero attached hydrogens (tertiary/aromatic N) is 3. The van der Waals surface area contributed by atoms with Gasteiger partial charge in [0.2, 0.25) is 0 Å². The van der Waals surface area contributed by atoms with Gasteiger partial charge in [0, 0.05) is 7.05 Å². The van der Waals surface area contributed by atoms with E-state index in [2.05, 4.69) is 38.5 Å². The number of halogens is 3. The number of hydrogen-bond donors (Lipinski definition) is 1. The van der Waals surface area contributed by atoms with Gasteiger partial charge in [-0.3, -0.25) is 0 Å². The lowest BCUT2D eigenvalue weighted by Crippen LogP contribution is -2.25. The highest BCUT2D eigenvalue weighted by Gasteiger charge is 2.20. The normalized spacial score (nSPS) is 12.7. The van der Waals surface area contributed by atoms with E-state index < -0.39 is 0 Å². The van der Waals surface area contributed by atoms with Crippen molar-refractivity contribution in [1.29, 1.82) is 0 Å². The van der Waals surface area contributed by atoms with E-state index >= 15 is 0 Å². The Morgan fingerprint density at radius 2 is 2.10 bits per heavy atom. The summed E-state index contributed by atoms with van der Waals surface area (Å²) >= 11 is 15.5. The molecular formula is C13H15BrCl2N4. The minimum Gasteiger partial charge on any atom is -0.309 e. The Bertz CT molecular complexity index is 581. The number of benzene rings is 1. The second-order valence-electron chi connectivity index (χ2n) is 4.45. The average molecular weight is 378 g/mol. The van der Waals surface area contributed by atoms with E-state index in [0.717, 1.165) is 28.8 Å².